The van der Waals surface area contributed by atoms with Crippen molar-refractivity contribution in [2.24, 2.45) is 7.05 Å². The lowest BCUT2D eigenvalue weighted by Gasteiger charge is -2.33. The summed E-state index contributed by atoms with van der Waals surface area (Å²) in [5.74, 6) is 0. The van der Waals surface area contributed by atoms with E-state index in [0.29, 0.717) is 24.0 Å². The summed E-state index contributed by atoms with van der Waals surface area (Å²) in [5, 5.41) is 10.2. The number of halogens is 1. The van der Waals surface area contributed by atoms with Gasteiger partial charge in [0, 0.05) is 13.1 Å². The third-order valence-electron chi connectivity index (χ3n) is 4.20. The maximum absolute atomic E-state index is 12.4. The van der Waals surface area contributed by atoms with E-state index in [1.54, 1.807) is 22.4 Å². The van der Waals surface area contributed by atoms with Crippen LogP contribution in [0.1, 0.15) is 38.6 Å². The summed E-state index contributed by atoms with van der Waals surface area (Å²) in [4.78, 5) is 20.5. The molecular formula is C13H17ClN4O2. The Bertz CT molecular complexity index is 709. The molecule has 3 rings (SSSR count). The van der Waals surface area contributed by atoms with Crippen LogP contribution in [0.4, 0.5) is 0 Å². The van der Waals surface area contributed by atoms with Crippen LogP contribution in [0, 0.1) is 0 Å². The fourth-order valence-corrected chi connectivity index (χ4v) is 3.06. The highest BCUT2D eigenvalue weighted by Gasteiger charge is 2.31. The van der Waals surface area contributed by atoms with E-state index in [2.05, 4.69) is 9.97 Å². The minimum Gasteiger partial charge on any atom is -0.390 e. The summed E-state index contributed by atoms with van der Waals surface area (Å²) in [6.45, 7) is 1.84. The Morgan fingerprint density at radius 3 is 2.75 bits per heavy atom. The molecule has 0 bridgehead atoms. The van der Waals surface area contributed by atoms with Crippen molar-refractivity contribution in [3.05, 3.63) is 22.0 Å². The maximum Gasteiger partial charge on any atom is 0.330 e. The van der Waals surface area contributed by atoms with Crippen LogP contribution in [0.2, 0.25) is 5.28 Å². The van der Waals surface area contributed by atoms with Gasteiger partial charge in [-0.25, -0.2) is 9.78 Å². The van der Waals surface area contributed by atoms with Gasteiger partial charge in [-0.05, 0) is 44.2 Å². The third kappa shape index (κ3) is 2.13. The second-order valence-corrected chi connectivity index (χ2v) is 6.13. The second kappa shape index (κ2) is 4.56. The molecule has 1 N–H and O–H groups in total. The molecule has 0 unspecified atom stereocenters. The van der Waals surface area contributed by atoms with Crippen molar-refractivity contribution in [1.82, 2.24) is 19.1 Å². The molecule has 2 aromatic heterocycles. The quantitative estimate of drug-likeness (QED) is 0.812. The Labute approximate surface area is 121 Å². The van der Waals surface area contributed by atoms with Gasteiger partial charge in [-0.1, -0.05) is 0 Å². The summed E-state index contributed by atoms with van der Waals surface area (Å²) in [6, 6.07) is 0.0531. The number of imidazole rings is 1. The molecule has 20 heavy (non-hydrogen) atoms. The van der Waals surface area contributed by atoms with Gasteiger partial charge in [0.2, 0.25) is 5.28 Å². The van der Waals surface area contributed by atoms with Crippen molar-refractivity contribution in [3.8, 4) is 0 Å². The number of aryl methyl sites for hydroxylation is 1. The molecule has 0 aromatic carbocycles. The summed E-state index contributed by atoms with van der Waals surface area (Å²) < 4.78 is 3.23. The zero-order chi connectivity index (χ0) is 14.5. The number of aliphatic hydroxyl groups is 1. The zero-order valence-corrected chi connectivity index (χ0v) is 12.3. The normalized spacial score (nSPS) is 27.1. The first-order valence-corrected chi connectivity index (χ1v) is 7.09. The van der Waals surface area contributed by atoms with E-state index in [1.165, 1.54) is 0 Å². The standard InChI is InChI=1S/C13H17ClN4O2/c1-13(20)5-3-8(4-6-13)18-10-9(17(2)12(18)19)7-15-11(14)16-10/h7-8,20H,3-6H2,1-2H3. The Hall–Kier alpha value is -1.40. The Morgan fingerprint density at radius 2 is 2.10 bits per heavy atom. The Kier molecular flexibility index (Phi) is 3.10. The first kappa shape index (κ1) is 13.6. The third-order valence-corrected chi connectivity index (χ3v) is 4.38. The lowest BCUT2D eigenvalue weighted by atomic mass is 9.83. The van der Waals surface area contributed by atoms with Crippen molar-refractivity contribution in [2.45, 2.75) is 44.2 Å². The summed E-state index contributed by atoms with van der Waals surface area (Å²) >= 11 is 5.85. The summed E-state index contributed by atoms with van der Waals surface area (Å²) in [7, 11) is 1.71. The molecule has 0 radical (unpaired) electrons. The van der Waals surface area contributed by atoms with Crippen LogP contribution >= 0.6 is 11.6 Å². The largest absolute Gasteiger partial charge is 0.390 e. The number of fused-ring (bicyclic) bond motifs is 1. The smallest absolute Gasteiger partial charge is 0.330 e. The highest BCUT2D eigenvalue weighted by Crippen LogP contribution is 2.35. The molecule has 0 amide bonds. The molecule has 0 spiro atoms. The van der Waals surface area contributed by atoms with Crippen LogP contribution in [0.5, 0.6) is 0 Å². The highest BCUT2D eigenvalue weighted by atomic mass is 35.5. The topological polar surface area (TPSA) is 72.9 Å². The second-order valence-electron chi connectivity index (χ2n) is 5.79. The van der Waals surface area contributed by atoms with E-state index in [0.717, 1.165) is 12.8 Å². The first-order chi connectivity index (χ1) is 9.39. The van der Waals surface area contributed by atoms with E-state index in [9.17, 15) is 9.90 Å². The molecule has 2 heterocycles. The van der Waals surface area contributed by atoms with Crippen LogP contribution in [-0.2, 0) is 7.05 Å². The number of nitrogens with zero attached hydrogens (tertiary/aromatic N) is 4. The van der Waals surface area contributed by atoms with Gasteiger partial charge < -0.3 is 5.11 Å². The molecule has 0 aliphatic heterocycles. The SMILES string of the molecule is Cn1c(=O)n(C2CCC(C)(O)CC2)c2nc(Cl)ncc21. The first-order valence-electron chi connectivity index (χ1n) is 6.71. The van der Waals surface area contributed by atoms with Gasteiger partial charge in [0.15, 0.2) is 5.65 Å². The monoisotopic (exact) mass is 296 g/mol. The van der Waals surface area contributed by atoms with Gasteiger partial charge in [0.1, 0.15) is 5.52 Å². The van der Waals surface area contributed by atoms with Gasteiger partial charge in [-0.3, -0.25) is 9.13 Å². The Morgan fingerprint density at radius 1 is 1.45 bits per heavy atom. The molecular weight excluding hydrogens is 280 g/mol. The molecule has 6 nitrogen and oxygen atoms in total. The van der Waals surface area contributed by atoms with Gasteiger partial charge in [0.25, 0.3) is 0 Å². The Balaban J connectivity index is 2.10. The maximum atomic E-state index is 12.4. The van der Waals surface area contributed by atoms with Gasteiger partial charge >= 0.3 is 5.69 Å². The predicted molar refractivity (Wildman–Crippen MR) is 75.9 cm³/mol. The predicted octanol–water partition coefficient (Wildman–Crippen LogP) is 1.65. The molecule has 1 fully saturated rings. The zero-order valence-electron chi connectivity index (χ0n) is 11.5. The van der Waals surface area contributed by atoms with Crippen LogP contribution in [0.3, 0.4) is 0 Å². The van der Waals surface area contributed by atoms with E-state index in [-0.39, 0.29) is 17.0 Å². The minimum absolute atomic E-state index is 0.0531. The fourth-order valence-electron chi connectivity index (χ4n) is 2.93. The van der Waals surface area contributed by atoms with Crippen molar-refractivity contribution in [1.29, 1.82) is 0 Å². The van der Waals surface area contributed by atoms with Gasteiger partial charge in [-0.15, -0.1) is 0 Å². The molecule has 7 heteroatoms. The van der Waals surface area contributed by atoms with E-state index >= 15 is 0 Å². The van der Waals surface area contributed by atoms with Crippen molar-refractivity contribution in [2.75, 3.05) is 0 Å². The molecule has 1 saturated carbocycles. The average Bonchev–Trinajstić information content (AvgIpc) is 2.63. The molecule has 1 aliphatic rings. The van der Waals surface area contributed by atoms with Gasteiger partial charge in [-0.2, -0.15) is 4.98 Å². The number of rotatable bonds is 1. The molecule has 1 aliphatic carbocycles. The average molecular weight is 297 g/mol. The van der Waals surface area contributed by atoms with Crippen molar-refractivity contribution >= 4 is 22.8 Å². The fraction of sp³-hybridized carbons (Fsp3) is 0.615. The minimum atomic E-state index is -0.628. The van der Waals surface area contributed by atoms with E-state index in [4.69, 9.17) is 11.6 Å². The highest BCUT2D eigenvalue weighted by molar-refractivity contribution is 6.28. The lowest BCUT2D eigenvalue weighted by Crippen LogP contribution is -2.35. The molecule has 108 valence electrons. The van der Waals surface area contributed by atoms with Crippen LogP contribution < -0.4 is 5.69 Å². The van der Waals surface area contributed by atoms with Crippen molar-refractivity contribution in [3.63, 3.8) is 0 Å². The van der Waals surface area contributed by atoms with E-state index in [1.807, 2.05) is 6.92 Å². The molecule has 0 saturated heterocycles. The van der Waals surface area contributed by atoms with Crippen LogP contribution in [0.15, 0.2) is 11.0 Å². The molecule has 2 aromatic rings. The number of aromatic nitrogens is 4. The summed E-state index contributed by atoms with van der Waals surface area (Å²) in [5.41, 5.74) is 0.515. The lowest BCUT2D eigenvalue weighted by molar-refractivity contribution is 0.00991. The number of hydrogen-bond acceptors (Lipinski definition) is 4. The van der Waals surface area contributed by atoms with Crippen LogP contribution in [0.25, 0.3) is 11.2 Å². The van der Waals surface area contributed by atoms with Crippen LogP contribution in [-0.4, -0.2) is 29.8 Å². The number of hydrogen-bond donors (Lipinski definition) is 1. The summed E-state index contributed by atoms with van der Waals surface area (Å²) in [6.07, 6.45) is 4.45. The van der Waals surface area contributed by atoms with Gasteiger partial charge in [0.05, 0.1) is 11.8 Å². The van der Waals surface area contributed by atoms with Crippen molar-refractivity contribution < 1.29 is 5.11 Å². The molecule has 0 atom stereocenters. The van der Waals surface area contributed by atoms with E-state index < -0.39 is 5.60 Å².